The predicted molar refractivity (Wildman–Crippen MR) is 68.9 cm³/mol. The van der Waals surface area contributed by atoms with Crippen molar-refractivity contribution in [2.45, 2.75) is 38.1 Å². The number of amides is 1. The Morgan fingerprint density at radius 1 is 1.35 bits per heavy atom. The molecule has 2 N–H and O–H groups in total. The van der Waals surface area contributed by atoms with Gasteiger partial charge in [-0.1, -0.05) is 6.42 Å². The fraction of sp³-hybridized carbons (Fsp3) is 0.923. The van der Waals surface area contributed by atoms with E-state index in [-0.39, 0.29) is 11.3 Å². The van der Waals surface area contributed by atoms with E-state index in [9.17, 15) is 4.79 Å². The van der Waals surface area contributed by atoms with Crippen molar-refractivity contribution in [1.82, 2.24) is 15.5 Å². The van der Waals surface area contributed by atoms with E-state index in [4.69, 9.17) is 0 Å². The molecule has 1 heterocycles. The zero-order valence-electron chi connectivity index (χ0n) is 11.1. The van der Waals surface area contributed by atoms with E-state index >= 15 is 0 Å². The molecule has 0 radical (unpaired) electrons. The summed E-state index contributed by atoms with van der Waals surface area (Å²) in [6.07, 6.45) is 5.48. The standard InChI is InChI=1S/C13H25N3O/c1-14-10-13(6-3-7-13)12(17)15-11-4-8-16(2)9-5-11/h11,14H,3-10H2,1-2H3,(H,15,17). The van der Waals surface area contributed by atoms with E-state index in [2.05, 4.69) is 22.6 Å². The molecule has 2 aliphatic rings. The van der Waals surface area contributed by atoms with E-state index < -0.39 is 0 Å². The van der Waals surface area contributed by atoms with Crippen molar-refractivity contribution < 1.29 is 4.79 Å². The van der Waals surface area contributed by atoms with E-state index in [0.717, 1.165) is 45.3 Å². The minimum absolute atomic E-state index is 0.0991. The molecule has 1 saturated carbocycles. The van der Waals surface area contributed by atoms with Crippen LogP contribution in [0.15, 0.2) is 0 Å². The topological polar surface area (TPSA) is 44.4 Å². The van der Waals surface area contributed by atoms with Gasteiger partial charge in [-0.2, -0.15) is 0 Å². The molecule has 0 unspecified atom stereocenters. The Morgan fingerprint density at radius 3 is 2.47 bits per heavy atom. The van der Waals surface area contributed by atoms with Crippen molar-refractivity contribution in [2.75, 3.05) is 33.7 Å². The molecule has 1 amide bonds. The van der Waals surface area contributed by atoms with Gasteiger partial charge in [0.15, 0.2) is 0 Å². The van der Waals surface area contributed by atoms with Gasteiger partial charge in [-0.05, 0) is 52.9 Å². The second-order valence-electron chi connectivity index (χ2n) is 5.72. The van der Waals surface area contributed by atoms with Crippen LogP contribution in [-0.2, 0) is 4.79 Å². The van der Waals surface area contributed by atoms with Crippen LogP contribution in [-0.4, -0.2) is 50.6 Å². The molecule has 0 bridgehead atoms. The molecule has 0 aromatic rings. The van der Waals surface area contributed by atoms with Crippen LogP contribution < -0.4 is 10.6 Å². The predicted octanol–water partition coefficient (Wildman–Crippen LogP) is 0.587. The average Bonchev–Trinajstić information content (AvgIpc) is 2.26. The van der Waals surface area contributed by atoms with Crippen LogP contribution in [0.1, 0.15) is 32.1 Å². The molecule has 17 heavy (non-hydrogen) atoms. The maximum atomic E-state index is 12.3. The number of hydrogen-bond donors (Lipinski definition) is 2. The molecule has 0 aromatic heterocycles. The van der Waals surface area contributed by atoms with Gasteiger partial charge in [-0.25, -0.2) is 0 Å². The Bertz CT molecular complexity index is 268. The number of rotatable bonds is 4. The highest BCUT2D eigenvalue weighted by Crippen LogP contribution is 2.40. The van der Waals surface area contributed by atoms with Gasteiger partial charge in [0.2, 0.25) is 5.91 Å². The van der Waals surface area contributed by atoms with Crippen molar-refractivity contribution in [3.8, 4) is 0 Å². The van der Waals surface area contributed by atoms with Gasteiger partial charge in [0.05, 0.1) is 5.41 Å². The van der Waals surface area contributed by atoms with Crippen molar-refractivity contribution in [1.29, 1.82) is 0 Å². The summed E-state index contributed by atoms with van der Waals surface area (Å²) in [6, 6.07) is 0.396. The summed E-state index contributed by atoms with van der Waals surface area (Å²) in [4.78, 5) is 14.7. The van der Waals surface area contributed by atoms with Crippen LogP contribution in [0.25, 0.3) is 0 Å². The third-order valence-electron chi connectivity index (χ3n) is 4.36. The van der Waals surface area contributed by atoms with E-state index in [1.807, 2.05) is 7.05 Å². The molecule has 0 aromatic carbocycles. The number of nitrogens with one attached hydrogen (secondary N) is 2. The van der Waals surface area contributed by atoms with Gasteiger partial charge in [-0.3, -0.25) is 4.79 Å². The first-order valence-corrected chi connectivity index (χ1v) is 6.80. The van der Waals surface area contributed by atoms with Gasteiger partial charge < -0.3 is 15.5 Å². The van der Waals surface area contributed by atoms with Crippen LogP contribution in [0.2, 0.25) is 0 Å². The lowest BCUT2D eigenvalue weighted by Crippen LogP contribution is -2.54. The highest BCUT2D eigenvalue weighted by Gasteiger charge is 2.44. The molecule has 4 heteroatoms. The Morgan fingerprint density at radius 2 is 2.00 bits per heavy atom. The van der Waals surface area contributed by atoms with Gasteiger partial charge >= 0.3 is 0 Å². The molecule has 4 nitrogen and oxygen atoms in total. The molecule has 0 spiro atoms. The average molecular weight is 239 g/mol. The molecule has 0 atom stereocenters. The zero-order valence-corrected chi connectivity index (χ0v) is 11.1. The van der Waals surface area contributed by atoms with E-state index in [1.54, 1.807) is 0 Å². The first kappa shape index (κ1) is 12.8. The summed E-state index contributed by atoms with van der Waals surface area (Å²) < 4.78 is 0. The summed E-state index contributed by atoms with van der Waals surface area (Å²) in [5.74, 6) is 0.285. The van der Waals surface area contributed by atoms with Crippen molar-refractivity contribution in [2.24, 2.45) is 5.41 Å². The largest absolute Gasteiger partial charge is 0.353 e. The lowest BCUT2D eigenvalue weighted by Gasteiger charge is -2.42. The van der Waals surface area contributed by atoms with Gasteiger partial charge in [0, 0.05) is 12.6 Å². The number of carbonyl (C=O) groups is 1. The highest BCUT2D eigenvalue weighted by atomic mass is 16.2. The third kappa shape index (κ3) is 2.80. The fourth-order valence-electron chi connectivity index (χ4n) is 2.92. The lowest BCUT2D eigenvalue weighted by atomic mass is 9.68. The molecule has 1 aliphatic heterocycles. The van der Waals surface area contributed by atoms with Crippen LogP contribution in [0.3, 0.4) is 0 Å². The van der Waals surface area contributed by atoms with E-state index in [0.29, 0.717) is 6.04 Å². The number of carbonyl (C=O) groups excluding carboxylic acids is 1. The second kappa shape index (κ2) is 5.36. The summed E-state index contributed by atoms with van der Waals surface area (Å²) in [5, 5.41) is 6.43. The number of likely N-dealkylation sites (tertiary alicyclic amines) is 1. The number of nitrogens with zero attached hydrogens (tertiary/aromatic N) is 1. The fourth-order valence-corrected chi connectivity index (χ4v) is 2.92. The number of hydrogen-bond acceptors (Lipinski definition) is 3. The first-order valence-electron chi connectivity index (χ1n) is 6.80. The quantitative estimate of drug-likeness (QED) is 0.754. The van der Waals surface area contributed by atoms with Crippen molar-refractivity contribution >= 4 is 5.91 Å². The van der Waals surface area contributed by atoms with Crippen molar-refractivity contribution in [3.63, 3.8) is 0 Å². The summed E-state index contributed by atoms with van der Waals surface area (Å²) in [5.41, 5.74) is -0.0991. The summed E-state index contributed by atoms with van der Waals surface area (Å²) >= 11 is 0. The molecule has 98 valence electrons. The van der Waals surface area contributed by atoms with Gasteiger partial charge in [0.1, 0.15) is 0 Å². The van der Waals surface area contributed by atoms with Crippen molar-refractivity contribution in [3.05, 3.63) is 0 Å². The minimum atomic E-state index is -0.0991. The monoisotopic (exact) mass is 239 g/mol. The molecule has 1 aliphatic carbocycles. The van der Waals surface area contributed by atoms with Gasteiger partial charge in [0.25, 0.3) is 0 Å². The maximum Gasteiger partial charge on any atom is 0.227 e. The molecular weight excluding hydrogens is 214 g/mol. The second-order valence-corrected chi connectivity index (χ2v) is 5.72. The molecule has 1 saturated heterocycles. The van der Waals surface area contributed by atoms with Crippen LogP contribution >= 0.6 is 0 Å². The zero-order chi connectivity index (χ0) is 12.3. The van der Waals surface area contributed by atoms with Gasteiger partial charge in [-0.15, -0.1) is 0 Å². The Hall–Kier alpha value is -0.610. The van der Waals surface area contributed by atoms with Crippen LogP contribution in [0.4, 0.5) is 0 Å². The Labute approximate surface area is 104 Å². The SMILES string of the molecule is CNCC1(C(=O)NC2CCN(C)CC2)CCC1. The molecule has 2 rings (SSSR count). The van der Waals surface area contributed by atoms with Crippen LogP contribution in [0.5, 0.6) is 0 Å². The Balaban J connectivity index is 1.83. The molecule has 2 fully saturated rings. The normalized spacial score (nSPS) is 25.3. The minimum Gasteiger partial charge on any atom is -0.353 e. The number of piperidine rings is 1. The smallest absolute Gasteiger partial charge is 0.227 e. The maximum absolute atomic E-state index is 12.3. The Kier molecular flexibility index (Phi) is 4.05. The molecular formula is C13H25N3O. The first-order chi connectivity index (χ1) is 8.16. The third-order valence-corrected chi connectivity index (χ3v) is 4.36. The summed E-state index contributed by atoms with van der Waals surface area (Å²) in [6.45, 7) is 3.03. The lowest BCUT2D eigenvalue weighted by molar-refractivity contribution is -0.136. The highest BCUT2D eigenvalue weighted by molar-refractivity contribution is 5.84. The summed E-state index contributed by atoms with van der Waals surface area (Å²) in [7, 11) is 4.08. The van der Waals surface area contributed by atoms with E-state index in [1.165, 1.54) is 6.42 Å². The van der Waals surface area contributed by atoms with Crippen LogP contribution in [0, 0.1) is 5.41 Å².